The van der Waals surface area contributed by atoms with E-state index >= 15 is 0 Å². The van der Waals surface area contributed by atoms with E-state index in [0.29, 0.717) is 36.2 Å². The van der Waals surface area contributed by atoms with E-state index in [0.717, 1.165) is 17.7 Å². The lowest BCUT2D eigenvalue weighted by atomic mass is 10.1. The van der Waals surface area contributed by atoms with Crippen LogP contribution in [-0.4, -0.2) is 41.6 Å². The van der Waals surface area contributed by atoms with Gasteiger partial charge in [-0.3, -0.25) is 24.1 Å². The summed E-state index contributed by atoms with van der Waals surface area (Å²) in [6.45, 7) is 2.83. The van der Waals surface area contributed by atoms with Crippen LogP contribution in [0.4, 0.5) is 11.4 Å². The van der Waals surface area contributed by atoms with E-state index in [4.69, 9.17) is 0 Å². The standard InChI is InChI=1S/C23H23N3O4/c1-15-10-11-16(14-19(15)25-12-5-9-21(25)28)24-20(27)8-4-13-26-22(29)17-6-2-3-7-18(17)23(26)30/h2-3,6-7,10-11,14H,4-5,8-9,12-13H2,1H3,(H,24,27). The molecule has 2 aromatic rings. The minimum absolute atomic E-state index is 0.0996. The van der Waals surface area contributed by atoms with E-state index < -0.39 is 0 Å². The lowest BCUT2D eigenvalue weighted by molar-refractivity contribution is -0.117. The van der Waals surface area contributed by atoms with Gasteiger partial charge in [0.2, 0.25) is 11.8 Å². The highest BCUT2D eigenvalue weighted by Gasteiger charge is 2.34. The molecule has 1 saturated heterocycles. The lowest BCUT2D eigenvalue weighted by Gasteiger charge is -2.19. The predicted octanol–water partition coefficient (Wildman–Crippen LogP) is 3.14. The molecule has 2 aromatic carbocycles. The Labute approximate surface area is 174 Å². The molecular weight excluding hydrogens is 382 g/mol. The van der Waals surface area contributed by atoms with Crippen molar-refractivity contribution in [2.24, 2.45) is 0 Å². The summed E-state index contributed by atoms with van der Waals surface area (Å²) in [4.78, 5) is 52.1. The molecule has 0 aromatic heterocycles. The van der Waals surface area contributed by atoms with Crippen LogP contribution in [0.25, 0.3) is 0 Å². The minimum Gasteiger partial charge on any atom is -0.326 e. The first kappa shape index (κ1) is 19.8. The number of carbonyl (C=O) groups excluding carboxylic acids is 4. The molecule has 0 spiro atoms. The SMILES string of the molecule is Cc1ccc(NC(=O)CCCN2C(=O)c3ccccc3C2=O)cc1N1CCCC1=O. The van der Waals surface area contributed by atoms with E-state index in [2.05, 4.69) is 5.32 Å². The monoisotopic (exact) mass is 405 g/mol. The Morgan fingerprint density at radius 2 is 1.73 bits per heavy atom. The van der Waals surface area contributed by atoms with Crippen molar-refractivity contribution in [3.05, 3.63) is 59.2 Å². The minimum atomic E-state index is -0.311. The van der Waals surface area contributed by atoms with Crippen LogP contribution in [0.1, 0.15) is 52.0 Å². The third-order valence-electron chi connectivity index (χ3n) is 5.52. The summed E-state index contributed by atoms with van der Waals surface area (Å²) in [5, 5.41) is 2.85. The van der Waals surface area contributed by atoms with Crippen molar-refractivity contribution in [3.63, 3.8) is 0 Å². The first-order valence-electron chi connectivity index (χ1n) is 10.1. The van der Waals surface area contributed by atoms with E-state index in [9.17, 15) is 19.2 Å². The van der Waals surface area contributed by atoms with E-state index in [1.54, 1.807) is 35.2 Å². The third-order valence-corrected chi connectivity index (χ3v) is 5.52. The van der Waals surface area contributed by atoms with Crippen molar-refractivity contribution >= 4 is 35.0 Å². The Morgan fingerprint density at radius 1 is 1.03 bits per heavy atom. The van der Waals surface area contributed by atoms with Gasteiger partial charge in [0, 0.05) is 37.3 Å². The number of hydrogen-bond acceptors (Lipinski definition) is 4. The molecule has 7 nitrogen and oxygen atoms in total. The van der Waals surface area contributed by atoms with Crippen LogP contribution in [0.15, 0.2) is 42.5 Å². The molecule has 2 aliphatic heterocycles. The van der Waals surface area contributed by atoms with Gasteiger partial charge in [-0.15, -0.1) is 0 Å². The van der Waals surface area contributed by atoms with Crippen LogP contribution in [0, 0.1) is 6.92 Å². The number of anilines is 2. The number of nitrogens with zero attached hydrogens (tertiary/aromatic N) is 2. The Kier molecular flexibility index (Phi) is 5.35. The number of benzene rings is 2. The second kappa shape index (κ2) is 8.10. The molecule has 1 N–H and O–H groups in total. The van der Waals surface area contributed by atoms with Gasteiger partial charge >= 0.3 is 0 Å². The van der Waals surface area contributed by atoms with Crippen LogP contribution >= 0.6 is 0 Å². The van der Waals surface area contributed by atoms with Gasteiger partial charge in [-0.2, -0.15) is 0 Å². The molecule has 0 radical (unpaired) electrons. The number of carbonyl (C=O) groups is 4. The Morgan fingerprint density at radius 3 is 2.37 bits per heavy atom. The topological polar surface area (TPSA) is 86.8 Å². The lowest BCUT2D eigenvalue weighted by Crippen LogP contribution is -2.31. The average Bonchev–Trinajstić information content (AvgIpc) is 3.26. The van der Waals surface area contributed by atoms with Crippen LogP contribution < -0.4 is 10.2 Å². The fourth-order valence-corrected chi connectivity index (χ4v) is 3.94. The van der Waals surface area contributed by atoms with Crippen LogP contribution in [0.3, 0.4) is 0 Å². The van der Waals surface area contributed by atoms with Crippen LogP contribution in [0.2, 0.25) is 0 Å². The number of fused-ring (bicyclic) bond motifs is 1. The van der Waals surface area contributed by atoms with Crippen LogP contribution in [-0.2, 0) is 9.59 Å². The van der Waals surface area contributed by atoms with E-state index in [-0.39, 0.29) is 36.6 Å². The van der Waals surface area contributed by atoms with Gasteiger partial charge in [0.05, 0.1) is 11.1 Å². The number of amides is 4. The second-order valence-electron chi connectivity index (χ2n) is 7.61. The van der Waals surface area contributed by atoms with Crippen molar-refractivity contribution in [1.29, 1.82) is 0 Å². The van der Waals surface area contributed by atoms with Gasteiger partial charge in [0.25, 0.3) is 11.8 Å². The quantitative estimate of drug-likeness (QED) is 0.748. The van der Waals surface area contributed by atoms with Gasteiger partial charge in [0.15, 0.2) is 0 Å². The zero-order chi connectivity index (χ0) is 21.3. The molecule has 7 heteroatoms. The van der Waals surface area contributed by atoms with Gasteiger partial charge < -0.3 is 10.2 Å². The smallest absolute Gasteiger partial charge is 0.261 e. The summed E-state index contributed by atoms with van der Waals surface area (Å²) in [5.41, 5.74) is 3.25. The summed E-state index contributed by atoms with van der Waals surface area (Å²) in [5.74, 6) is -0.722. The number of imide groups is 1. The molecule has 0 unspecified atom stereocenters. The summed E-state index contributed by atoms with van der Waals surface area (Å²) in [6.07, 6.45) is 1.94. The zero-order valence-corrected chi connectivity index (χ0v) is 16.8. The largest absolute Gasteiger partial charge is 0.326 e. The molecule has 154 valence electrons. The molecular formula is C23H23N3O4. The Balaban J connectivity index is 1.33. The number of aryl methyl sites for hydroxylation is 1. The molecule has 0 saturated carbocycles. The molecule has 4 amide bonds. The molecule has 0 atom stereocenters. The van der Waals surface area contributed by atoms with Gasteiger partial charge in [-0.1, -0.05) is 18.2 Å². The maximum atomic E-state index is 12.4. The highest BCUT2D eigenvalue weighted by Crippen LogP contribution is 2.28. The third kappa shape index (κ3) is 3.70. The van der Waals surface area contributed by atoms with Crippen molar-refractivity contribution < 1.29 is 19.2 Å². The van der Waals surface area contributed by atoms with Crippen molar-refractivity contribution in [3.8, 4) is 0 Å². The van der Waals surface area contributed by atoms with Gasteiger partial charge in [-0.05, 0) is 49.6 Å². The summed E-state index contributed by atoms with van der Waals surface area (Å²) in [7, 11) is 0. The Bertz CT molecular complexity index is 1010. The molecule has 2 heterocycles. The Hall–Kier alpha value is -3.48. The highest BCUT2D eigenvalue weighted by molar-refractivity contribution is 6.21. The molecule has 0 aliphatic carbocycles. The van der Waals surface area contributed by atoms with Crippen molar-refractivity contribution in [1.82, 2.24) is 4.90 Å². The normalized spacial score (nSPS) is 15.7. The van der Waals surface area contributed by atoms with E-state index in [1.165, 1.54) is 4.90 Å². The van der Waals surface area contributed by atoms with Crippen molar-refractivity contribution in [2.75, 3.05) is 23.3 Å². The fraction of sp³-hybridized carbons (Fsp3) is 0.304. The number of nitrogens with one attached hydrogen (secondary N) is 1. The average molecular weight is 405 g/mol. The molecule has 2 aliphatic rings. The van der Waals surface area contributed by atoms with E-state index in [1.807, 2.05) is 19.1 Å². The summed E-state index contributed by atoms with van der Waals surface area (Å²) in [6, 6.07) is 12.3. The maximum absolute atomic E-state index is 12.4. The highest BCUT2D eigenvalue weighted by atomic mass is 16.2. The summed E-state index contributed by atoms with van der Waals surface area (Å²) >= 11 is 0. The van der Waals surface area contributed by atoms with Gasteiger partial charge in [0.1, 0.15) is 0 Å². The molecule has 4 rings (SSSR count). The molecule has 0 bridgehead atoms. The fourth-order valence-electron chi connectivity index (χ4n) is 3.94. The van der Waals surface area contributed by atoms with Crippen LogP contribution in [0.5, 0.6) is 0 Å². The van der Waals surface area contributed by atoms with Gasteiger partial charge in [-0.25, -0.2) is 0 Å². The maximum Gasteiger partial charge on any atom is 0.261 e. The molecule has 1 fully saturated rings. The molecule has 30 heavy (non-hydrogen) atoms. The second-order valence-corrected chi connectivity index (χ2v) is 7.61. The predicted molar refractivity (Wildman–Crippen MR) is 112 cm³/mol. The number of hydrogen-bond donors (Lipinski definition) is 1. The van der Waals surface area contributed by atoms with Crippen molar-refractivity contribution in [2.45, 2.75) is 32.6 Å². The number of rotatable bonds is 6. The first-order valence-corrected chi connectivity index (χ1v) is 10.1. The first-order chi connectivity index (χ1) is 14.5. The zero-order valence-electron chi connectivity index (χ0n) is 16.8. The summed E-state index contributed by atoms with van der Waals surface area (Å²) < 4.78 is 0.